The second-order valence-electron chi connectivity index (χ2n) is 6.14. The molecule has 0 unspecified atom stereocenters. The van der Waals surface area contributed by atoms with Crippen LogP contribution in [0.1, 0.15) is 55.2 Å². The van der Waals surface area contributed by atoms with Crippen molar-refractivity contribution in [3.63, 3.8) is 0 Å². The van der Waals surface area contributed by atoms with Crippen LogP contribution in [0.2, 0.25) is 0 Å². The lowest BCUT2D eigenvalue weighted by molar-refractivity contribution is 0.0525. The number of aryl methyl sites for hydroxylation is 1. The Morgan fingerprint density at radius 3 is 2.56 bits per heavy atom. The number of carbonyl (C=O) groups is 1. The summed E-state index contributed by atoms with van der Waals surface area (Å²) in [6.07, 6.45) is 5.12. The Labute approximate surface area is 161 Å². The Kier molecular flexibility index (Phi) is 8.55. The fourth-order valence-corrected chi connectivity index (χ4v) is 2.65. The summed E-state index contributed by atoms with van der Waals surface area (Å²) >= 11 is 0. The SMILES string of the molecule is CCCCOc1ccc(CCNc2ncnc(CC)c2C(=O)OCC)cc1. The number of hydrogen-bond donors (Lipinski definition) is 1. The third-order valence-corrected chi connectivity index (χ3v) is 4.14. The van der Waals surface area contributed by atoms with Crippen molar-refractivity contribution < 1.29 is 14.3 Å². The number of hydrogen-bond acceptors (Lipinski definition) is 6. The van der Waals surface area contributed by atoms with Crippen molar-refractivity contribution >= 4 is 11.8 Å². The van der Waals surface area contributed by atoms with Gasteiger partial charge in [0, 0.05) is 6.54 Å². The molecule has 0 bridgehead atoms. The van der Waals surface area contributed by atoms with Gasteiger partial charge in [-0.1, -0.05) is 32.4 Å². The zero-order valence-corrected chi connectivity index (χ0v) is 16.5. The normalized spacial score (nSPS) is 10.5. The van der Waals surface area contributed by atoms with Crippen molar-refractivity contribution in [1.29, 1.82) is 0 Å². The van der Waals surface area contributed by atoms with Crippen LogP contribution in [0.5, 0.6) is 5.75 Å². The number of anilines is 1. The number of esters is 1. The molecule has 27 heavy (non-hydrogen) atoms. The van der Waals surface area contributed by atoms with Crippen LogP contribution in [0.3, 0.4) is 0 Å². The Morgan fingerprint density at radius 1 is 1.11 bits per heavy atom. The van der Waals surface area contributed by atoms with Gasteiger partial charge in [0.15, 0.2) is 0 Å². The van der Waals surface area contributed by atoms with Gasteiger partial charge in [-0.2, -0.15) is 0 Å². The van der Waals surface area contributed by atoms with E-state index < -0.39 is 0 Å². The van der Waals surface area contributed by atoms with Crippen molar-refractivity contribution in [2.45, 2.75) is 46.5 Å². The highest BCUT2D eigenvalue weighted by Gasteiger charge is 2.19. The molecule has 1 aromatic heterocycles. The van der Waals surface area contributed by atoms with E-state index in [0.29, 0.717) is 36.6 Å². The predicted octanol–water partition coefficient (Wildman–Crippen LogP) is 4.05. The minimum atomic E-state index is -0.383. The first-order chi connectivity index (χ1) is 13.2. The maximum Gasteiger partial charge on any atom is 0.343 e. The molecule has 0 aliphatic rings. The number of carbonyl (C=O) groups excluding carboxylic acids is 1. The number of aromatic nitrogens is 2. The van der Waals surface area contributed by atoms with Crippen LogP contribution in [0.4, 0.5) is 5.82 Å². The Morgan fingerprint density at radius 2 is 1.89 bits per heavy atom. The topological polar surface area (TPSA) is 73.3 Å². The quantitative estimate of drug-likeness (QED) is 0.474. The average Bonchev–Trinajstić information content (AvgIpc) is 2.69. The molecular formula is C21H29N3O3. The molecule has 6 nitrogen and oxygen atoms in total. The third-order valence-electron chi connectivity index (χ3n) is 4.14. The zero-order chi connectivity index (χ0) is 19.5. The third kappa shape index (κ3) is 6.24. The van der Waals surface area contributed by atoms with E-state index >= 15 is 0 Å². The van der Waals surface area contributed by atoms with Gasteiger partial charge >= 0.3 is 5.97 Å². The van der Waals surface area contributed by atoms with Gasteiger partial charge in [0.2, 0.25) is 0 Å². The maximum atomic E-state index is 12.3. The standard InChI is InChI=1S/C21H29N3O3/c1-4-7-14-27-17-10-8-16(9-11-17)12-13-22-20-19(21(25)26-6-3)18(5-2)23-15-24-20/h8-11,15H,4-7,12-14H2,1-3H3,(H,22,23,24). The van der Waals surface area contributed by atoms with E-state index in [4.69, 9.17) is 9.47 Å². The van der Waals surface area contributed by atoms with Crippen LogP contribution in [0.25, 0.3) is 0 Å². The summed E-state index contributed by atoms with van der Waals surface area (Å²) in [6.45, 7) is 7.62. The smallest absolute Gasteiger partial charge is 0.343 e. The van der Waals surface area contributed by atoms with Gasteiger partial charge in [-0.15, -0.1) is 0 Å². The molecule has 1 heterocycles. The highest BCUT2D eigenvalue weighted by molar-refractivity contribution is 5.95. The molecule has 1 aromatic carbocycles. The van der Waals surface area contributed by atoms with Crippen LogP contribution < -0.4 is 10.1 Å². The van der Waals surface area contributed by atoms with E-state index in [9.17, 15) is 4.79 Å². The van der Waals surface area contributed by atoms with Gasteiger partial charge in [-0.25, -0.2) is 14.8 Å². The lowest BCUT2D eigenvalue weighted by Gasteiger charge is -2.13. The molecule has 0 fully saturated rings. The van der Waals surface area contributed by atoms with Gasteiger partial charge in [0.05, 0.1) is 18.9 Å². The lowest BCUT2D eigenvalue weighted by Crippen LogP contribution is -2.16. The Bertz CT molecular complexity index is 717. The van der Waals surface area contributed by atoms with Crippen LogP contribution in [0.15, 0.2) is 30.6 Å². The summed E-state index contributed by atoms with van der Waals surface area (Å²) in [6, 6.07) is 8.11. The average molecular weight is 371 g/mol. The van der Waals surface area contributed by atoms with Gasteiger partial charge < -0.3 is 14.8 Å². The minimum Gasteiger partial charge on any atom is -0.494 e. The van der Waals surface area contributed by atoms with Gasteiger partial charge in [-0.3, -0.25) is 0 Å². The van der Waals surface area contributed by atoms with E-state index in [1.165, 1.54) is 11.9 Å². The summed E-state index contributed by atoms with van der Waals surface area (Å²) in [5.74, 6) is 1.04. The molecule has 6 heteroatoms. The van der Waals surface area contributed by atoms with Crippen molar-refractivity contribution in [2.75, 3.05) is 25.1 Å². The highest BCUT2D eigenvalue weighted by Crippen LogP contribution is 2.18. The highest BCUT2D eigenvalue weighted by atomic mass is 16.5. The molecule has 0 amide bonds. The first-order valence-corrected chi connectivity index (χ1v) is 9.66. The number of rotatable bonds is 11. The van der Waals surface area contributed by atoms with Crippen LogP contribution in [-0.4, -0.2) is 35.7 Å². The number of benzene rings is 1. The van der Waals surface area contributed by atoms with Crippen LogP contribution >= 0.6 is 0 Å². The molecule has 0 aliphatic heterocycles. The summed E-state index contributed by atoms with van der Waals surface area (Å²) < 4.78 is 10.8. The molecule has 0 saturated carbocycles. The van der Waals surface area contributed by atoms with E-state index in [1.54, 1.807) is 6.92 Å². The number of unbranched alkanes of at least 4 members (excludes halogenated alkanes) is 1. The molecular weight excluding hydrogens is 342 g/mol. The van der Waals surface area contributed by atoms with E-state index in [2.05, 4.69) is 34.3 Å². The monoisotopic (exact) mass is 371 g/mol. The Balaban J connectivity index is 1.95. The van der Waals surface area contributed by atoms with Gasteiger partial charge in [-0.05, 0) is 43.9 Å². The largest absolute Gasteiger partial charge is 0.494 e. The second kappa shape index (κ2) is 11.2. The van der Waals surface area contributed by atoms with Gasteiger partial charge in [0.25, 0.3) is 0 Å². The van der Waals surface area contributed by atoms with Crippen LogP contribution in [-0.2, 0) is 17.6 Å². The zero-order valence-electron chi connectivity index (χ0n) is 16.5. The summed E-state index contributed by atoms with van der Waals surface area (Å²) in [5.41, 5.74) is 2.31. The predicted molar refractivity (Wildman–Crippen MR) is 106 cm³/mol. The molecule has 0 atom stereocenters. The molecule has 146 valence electrons. The molecule has 2 rings (SSSR count). The first kappa shape index (κ1) is 20.7. The maximum absolute atomic E-state index is 12.3. The lowest BCUT2D eigenvalue weighted by atomic mass is 10.1. The molecule has 0 radical (unpaired) electrons. The molecule has 2 aromatic rings. The number of ether oxygens (including phenoxy) is 2. The molecule has 0 spiro atoms. The van der Waals surface area contributed by atoms with Crippen molar-refractivity contribution in [1.82, 2.24) is 9.97 Å². The number of nitrogens with one attached hydrogen (secondary N) is 1. The molecule has 0 saturated heterocycles. The summed E-state index contributed by atoms with van der Waals surface area (Å²) in [4.78, 5) is 20.7. The fraction of sp³-hybridized carbons (Fsp3) is 0.476. The molecule has 0 aliphatic carbocycles. The fourth-order valence-electron chi connectivity index (χ4n) is 2.65. The summed E-state index contributed by atoms with van der Waals surface area (Å²) in [5, 5.41) is 3.25. The first-order valence-electron chi connectivity index (χ1n) is 9.66. The minimum absolute atomic E-state index is 0.322. The molecule has 1 N–H and O–H groups in total. The Hall–Kier alpha value is -2.63. The van der Waals surface area contributed by atoms with Gasteiger partial charge in [0.1, 0.15) is 23.5 Å². The van der Waals surface area contributed by atoms with E-state index in [0.717, 1.165) is 31.6 Å². The van der Waals surface area contributed by atoms with Crippen molar-refractivity contribution in [2.24, 2.45) is 0 Å². The van der Waals surface area contributed by atoms with Crippen molar-refractivity contribution in [3.05, 3.63) is 47.4 Å². The summed E-state index contributed by atoms with van der Waals surface area (Å²) in [7, 11) is 0. The van der Waals surface area contributed by atoms with E-state index in [-0.39, 0.29) is 5.97 Å². The van der Waals surface area contributed by atoms with E-state index in [1.807, 2.05) is 19.1 Å². The van der Waals surface area contributed by atoms with Crippen molar-refractivity contribution in [3.8, 4) is 5.75 Å². The number of nitrogens with zero attached hydrogens (tertiary/aromatic N) is 2. The second-order valence-corrected chi connectivity index (χ2v) is 6.14. The van der Waals surface area contributed by atoms with Crippen LogP contribution in [0, 0.1) is 0 Å².